The third-order valence-electron chi connectivity index (χ3n) is 4.95. The molecule has 0 aliphatic carbocycles. The van der Waals surface area contributed by atoms with Crippen molar-refractivity contribution in [1.29, 1.82) is 0 Å². The standard InChI is InChI=1S/C26H25Cl2N3O3/c1-17(2)24(30-25(32)19-6-4-3-5-7-19)26(33)31-29-15-18-8-12-22(13-9-18)34-16-20-10-11-21(27)14-23(20)28/h3-15,17,24H,16H2,1-2H3,(H,30,32)(H,31,33). The van der Waals surface area contributed by atoms with Gasteiger partial charge in [0.05, 0.1) is 6.21 Å². The van der Waals surface area contributed by atoms with Gasteiger partial charge < -0.3 is 10.1 Å². The van der Waals surface area contributed by atoms with Crippen LogP contribution in [-0.4, -0.2) is 24.1 Å². The molecule has 0 saturated heterocycles. The summed E-state index contributed by atoms with van der Waals surface area (Å²) in [6.45, 7) is 4.02. The maximum absolute atomic E-state index is 12.6. The Morgan fingerprint density at radius 2 is 1.71 bits per heavy atom. The van der Waals surface area contributed by atoms with E-state index in [0.717, 1.165) is 11.1 Å². The van der Waals surface area contributed by atoms with Crippen molar-refractivity contribution < 1.29 is 14.3 Å². The maximum atomic E-state index is 12.6. The van der Waals surface area contributed by atoms with Crippen molar-refractivity contribution in [2.24, 2.45) is 11.0 Å². The molecule has 2 N–H and O–H groups in total. The van der Waals surface area contributed by atoms with Gasteiger partial charge in [-0.3, -0.25) is 9.59 Å². The minimum Gasteiger partial charge on any atom is -0.489 e. The third kappa shape index (κ3) is 7.33. The third-order valence-corrected chi connectivity index (χ3v) is 5.54. The molecule has 1 unspecified atom stereocenters. The summed E-state index contributed by atoms with van der Waals surface area (Å²) in [4.78, 5) is 25.0. The van der Waals surface area contributed by atoms with Gasteiger partial charge in [0.25, 0.3) is 11.8 Å². The number of benzene rings is 3. The monoisotopic (exact) mass is 497 g/mol. The van der Waals surface area contributed by atoms with E-state index in [0.29, 0.717) is 28.0 Å². The van der Waals surface area contributed by atoms with Crippen LogP contribution in [0.15, 0.2) is 77.9 Å². The normalized spacial score (nSPS) is 11.9. The van der Waals surface area contributed by atoms with E-state index in [4.69, 9.17) is 27.9 Å². The van der Waals surface area contributed by atoms with E-state index in [1.54, 1.807) is 48.5 Å². The summed E-state index contributed by atoms with van der Waals surface area (Å²) in [6, 6.07) is 20.5. The van der Waals surface area contributed by atoms with Crippen LogP contribution in [0.3, 0.4) is 0 Å². The van der Waals surface area contributed by atoms with E-state index >= 15 is 0 Å². The molecule has 6 nitrogen and oxygen atoms in total. The highest BCUT2D eigenvalue weighted by Crippen LogP contribution is 2.22. The summed E-state index contributed by atoms with van der Waals surface area (Å²) in [5.74, 6) is -0.159. The Morgan fingerprint density at radius 1 is 1.00 bits per heavy atom. The van der Waals surface area contributed by atoms with Crippen molar-refractivity contribution in [2.75, 3.05) is 0 Å². The number of rotatable bonds is 9. The van der Waals surface area contributed by atoms with Gasteiger partial charge in [-0.1, -0.05) is 61.3 Å². The molecule has 3 rings (SSSR count). The number of carbonyl (C=O) groups excluding carboxylic acids is 2. The first-order chi connectivity index (χ1) is 16.3. The van der Waals surface area contributed by atoms with E-state index < -0.39 is 11.9 Å². The zero-order valence-electron chi connectivity index (χ0n) is 18.8. The Labute approximate surface area is 208 Å². The SMILES string of the molecule is CC(C)C(NC(=O)c1ccccc1)C(=O)NN=Cc1ccc(OCc2ccc(Cl)cc2Cl)cc1. The first kappa shape index (κ1) is 25.3. The lowest BCUT2D eigenvalue weighted by atomic mass is 10.0. The second kappa shape index (κ2) is 12.2. The fraction of sp³-hybridized carbons (Fsp3) is 0.192. The van der Waals surface area contributed by atoms with Crippen molar-refractivity contribution in [3.05, 3.63) is 99.5 Å². The fourth-order valence-electron chi connectivity index (χ4n) is 3.04. The molecular formula is C26H25Cl2N3O3. The summed E-state index contributed by atoms with van der Waals surface area (Å²) in [7, 11) is 0. The number of ether oxygens (including phenoxy) is 1. The molecule has 34 heavy (non-hydrogen) atoms. The largest absolute Gasteiger partial charge is 0.489 e. The molecule has 0 fully saturated rings. The number of hydrazone groups is 1. The predicted molar refractivity (Wildman–Crippen MR) is 136 cm³/mol. The molecule has 8 heteroatoms. The second-order valence-electron chi connectivity index (χ2n) is 7.89. The number of nitrogens with zero attached hydrogens (tertiary/aromatic N) is 1. The van der Waals surface area contributed by atoms with Gasteiger partial charge in [0.15, 0.2) is 0 Å². The summed E-state index contributed by atoms with van der Waals surface area (Å²) in [6.07, 6.45) is 1.52. The molecule has 0 radical (unpaired) electrons. The Kier molecular flexibility index (Phi) is 9.08. The number of hydrogen-bond acceptors (Lipinski definition) is 4. The number of nitrogens with one attached hydrogen (secondary N) is 2. The first-order valence-electron chi connectivity index (χ1n) is 10.7. The lowest BCUT2D eigenvalue weighted by molar-refractivity contribution is -0.123. The molecule has 3 aromatic rings. The zero-order valence-corrected chi connectivity index (χ0v) is 20.3. The van der Waals surface area contributed by atoms with Crippen LogP contribution in [0.5, 0.6) is 5.75 Å². The van der Waals surface area contributed by atoms with Crippen LogP contribution in [0.25, 0.3) is 0 Å². The lowest BCUT2D eigenvalue weighted by Gasteiger charge is -2.20. The molecule has 0 heterocycles. The van der Waals surface area contributed by atoms with Gasteiger partial charge >= 0.3 is 0 Å². The van der Waals surface area contributed by atoms with Crippen molar-refractivity contribution in [3.63, 3.8) is 0 Å². The van der Waals surface area contributed by atoms with Crippen molar-refractivity contribution in [3.8, 4) is 5.75 Å². The minimum atomic E-state index is -0.722. The molecule has 0 aliphatic rings. The Morgan fingerprint density at radius 3 is 2.35 bits per heavy atom. The molecule has 176 valence electrons. The van der Waals surface area contributed by atoms with E-state index in [1.165, 1.54) is 6.21 Å². The van der Waals surface area contributed by atoms with Gasteiger partial charge in [-0.15, -0.1) is 0 Å². The van der Waals surface area contributed by atoms with Crippen molar-refractivity contribution in [1.82, 2.24) is 10.7 Å². The fourth-order valence-corrected chi connectivity index (χ4v) is 3.50. The van der Waals surface area contributed by atoms with Crippen LogP contribution in [0.4, 0.5) is 0 Å². The number of amides is 2. The van der Waals surface area contributed by atoms with Gasteiger partial charge in [-0.25, -0.2) is 5.43 Å². The number of halogens is 2. The van der Waals surface area contributed by atoms with Crippen LogP contribution >= 0.6 is 23.2 Å². The maximum Gasteiger partial charge on any atom is 0.262 e. The van der Waals surface area contributed by atoms with Crippen molar-refractivity contribution >= 4 is 41.2 Å². The topological polar surface area (TPSA) is 79.8 Å². The van der Waals surface area contributed by atoms with E-state index in [9.17, 15) is 9.59 Å². The molecule has 0 spiro atoms. The molecule has 0 aliphatic heterocycles. The van der Waals surface area contributed by atoms with Gasteiger partial charge in [0.1, 0.15) is 18.4 Å². The lowest BCUT2D eigenvalue weighted by Crippen LogP contribution is -2.48. The highest BCUT2D eigenvalue weighted by molar-refractivity contribution is 6.35. The molecule has 1 atom stereocenters. The zero-order chi connectivity index (χ0) is 24.5. The van der Waals surface area contributed by atoms with Crippen molar-refractivity contribution in [2.45, 2.75) is 26.5 Å². The van der Waals surface area contributed by atoms with Gasteiger partial charge in [-0.05, 0) is 60.0 Å². The van der Waals surface area contributed by atoms with Gasteiger partial charge in [0, 0.05) is 21.2 Å². The Balaban J connectivity index is 1.53. The highest BCUT2D eigenvalue weighted by Gasteiger charge is 2.24. The Bertz CT molecular complexity index is 1150. The number of carbonyl (C=O) groups is 2. The summed E-state index contributed by atoms with van der Waals surface area (Å²) in [5, 5.41) is 7.91. The average molecular weight is 498 g/mol. The van der Waals surface area contributed by atoms with E-state index in [2.05, 4.69) is 15.8 Å². The van der Waals surface area contributed by atoms with Crippen LogP contribution in [0.2, 0.25) is 10.0 Å². The second-order valence-corrected chi connectivity index (χ2v) is 8.73. The van der Waals surface area contributed by atoms with Crippen LogP contribution in [-0.2, 0) is 11.4 Å². The van der Waals surface area contributed by atoms with E-state index in [-0.39, 0.29) is 11.8 Å². The van der Waals surface area contributed by atoms with E-state index in [1.807, 2.05) is 38.1 Å². The minimum absolute atomic E-state index is 0.117. The highest BCUT2D eigenvalue weighted by atomic mass is 35.5. The molecule has 0 saturated carbocycles. The molecule has 2 amide bonds. The molecule has 0 bridgehead atoms. The van der Waals surface area contributed by atoms with Gasteiger partial charge in [-0.2, -0.15) is 5.10 Å². The molecule has 3 aromatic carbocycles. The molecule has 0 aromatic heterocycles. The molecular weight excluding hydrogens is 473 g/mol. The Hall–Kier alpha value is -3.35. The smallest absolute Gasteiger partial charge is 0.262 e. The average Bonchev–Trinajstić information content (AvgIpc) is 2.83. The quantitative estimate of drug-likeness (QED) is 0.303. The van der Waals surface area contributed by atoms with Crippen LogP contribution in [0, 0.1) is 5.92 Å². The summed E-state index contributed by atoms with van der Waals surface area (Å²) >= 11 is 12.1. The predicted octanol–water partition coefficient (Wildman–Crippen LogP) is 5.48. The summed E-state index contributed by atoms with van der Waals surface area (Å²) < 4.78 is 5.76. The first-order valence-corrected chi connectivity index (χ1v) is 11.4. The van der Waals surface area contributed by atoms with Crippen LogP contribution in [0.1, 0.15) is 35.3 Å². The van der Waals surface area contributed by atoms with Gasteiger partial charge in [0.2, 0.25) is 0 Å². The van der Waals surface area contributed by atoms with Crippen LogP contribution < -0.4 is 15.5 Å². The number of hydrogen-bond donors (Lipinski definition) is 2. The summed E-state index contributed by atoms with van der Waals surface area (Å²) in [5.41, 5.74) is 4.59.